The van der Waals surface area contributed by atoms with Gasteiger partial charge in [-0.2, -0.15) is 15.4 Å². The fourth-order valence-electron chi connectivity index (χ4n) is 0.985. The number of carbonyl (C=O) groups excluding carboxylic acids is 1. The molecule has 0 bridgehead atoms. The first-order valence-electron chi connectivity index (χ1n) is 3.16. The van der Waals surface area contributed by atoms with Crippen LogP contribution >= 0.6 is 0 Å². The number of hydrogen-bond acceptors (Lipinski definition) is 4. The number of rotatable bonds is 1. The maximum atomic E-state index is 10.4. The van der Waals surface area contributed by atoms with Crippen molar-refractivity contribution in [2.24, 2.45) is 0 Å². The van der Waals surface area contributed by atoms with Crippen LogP contribution in [0.1, 0.15) is 10.4 Å². The Labute approximate surface area is 68.4 Å². The summed E-state index contributed by atoms with van der Waals surface area (Å²) in [5.74, 6) is 0. The van der Waals surface area contributed by atoms with E-state index in [2.05, 4.69) is 15.4 Å². The van der Waals surface area contributed by atoms with Gasteiger partial charge in [0.2, 0.25) is 0 Å². The second-order valence-electron chi connectivity index (χ2n) is 2.16. The smallest absolute Gasteiger partial charge is 0.152 e. The number of nitrogens with zero attached hydrogens (tertiary/aromatic N) is 2. The average Bonchev–Trinajstić information content (AvgIpc) is 2.50. The summed E-state index contributed by atoms with van der Waals surface area (Å²) in [5, 5.41) is 10.1. The van der Waals surface area contributed by atoms with Crippen LogP contribution in [0.3, 0.4) is 0 Å². The molecule has 0 radical (unpaired) electrons. The molecule has 0 saturated carbocycles. The molecule has 0 aliphatic carbocycles. The minimum absolute atomic E-state index is 0. The largest absolute Gasteiger partial charge is 0.344 e. The molecular formula is C7H8N4O. The van der Waals surface area contributed by atoms with Gasteiger partial charge < -0.3 is 6.15 Å². The molecule has 1 heterocycles. The van der Waals surface area contributed by atoms with Crippen LogP contribution in [0, 0.1) is 0 Å². The fourth-order valence-corrected chi connectivity index (χ4v) is 0.985. The van der Waals surface area contributed by atoms with Gasteiger partial charge in [-0.15, -0.1) is 0 Å². The van der Waals surface area contributed by atoms with Gasteiger partial charge in [0.05, 0.1) is 0 Å². The van der Waals surface area contributed by atoms with Crippen molar-refractivity contribution >= 4 is 17.3 Å². The summed E-state index contributed by atoms with van der Waals surface area (Å²) in [7, 11) is 0. The predicted octanol–water partition coefficient (Wildman–Crippen LogP) is 0.932. The molecule has 0 aliphatic heterocycles. The van der Waals surface area contributed by atoms with E-state index in [1.165, 1.54) is 0 Å². The summed E-state index contributed by atoms with van der Waals surface area (Å²) in [5.41, 5.74) is 1.91. The lowest BCUT2D eigenvalue weighted by Gasteiger charge is -1.87. The van der Waals surface area contributed by atoms with E-state index in [1.54, 1.807) is 18.2 Å². The van der Waals surface area contributed by atoms with Crippen molar-refractivity contribution < 1.29 is 4.79 Å². The molecule has 0 atom stereocenters. The van der Waals surface area contributed by atoms with Crippen molar-refractivity contribution in [2.45, 2.75) is 0 Å². The van der Waals surface area contributed by atoms with Crippen LogP contribution in [0.15, 0.2) is 18.2 Å². The van der Waals surface area contributed by atoms with Gasteiger partial charge in [-0.1, -0.05) is 6.07 Å². The normalized spacial score (nSPS) is 9.33. The lowest BCUT2D eigenvalue weighted by atomic mass is 10.2. The van der Waals surface area contributed by atoms with E-state index >= 15 is 0 Å². The molecule has 0 amide bonds. The number of fused-ring (bicyclic) bond motifs is 1. The summed E-state index contributed by atoms with van der Waals surface area (Å²) in [6.45, 7) is 0. The molecule has 2 aromatic rings. The van der Waals surface area contributed by atoms with Gasteiger partial charge in [-0.25, -0.2) is 0 Å². The minimum atomic E-state index is 0. The molecule has 0 spiro atoms. The topological polar surface area (TPSA) is 93.6 Å². The monoisotopic (exact) mass is 164 g/mol. The van der Waals surface area contributed by atoms with E-state index in [1.807, 2.05) is 0 Å². The molecule has 1 aromatic carbocycles. The van der Waals surface area contributed by atoms with Gasteiger partial charge in [0.1, 0.15) is 11.0 Å². The Balaban J connectivity index is 0.000000720. The van der Waals surface area contributed by atoms with E-state index in [0.717, 1.165) is 11.8 Å². The van der Waals surface area contributed by atoms with E-state index in [-0.39, 0.29) is 6.15 Å². The van der Waals surface area contributed by atoms with Crippen LogP contribution in [0.5, 0.6) is 0 Å². The molecule has 2 rings (SSSR count). The molecule has 0 saturated heterocycles. The third-order valence-electron chi connectivity index (χ3n) is 1.51. The molecular weight excluding hydrogens is 156 g/mol. The lowest BCUT2D eigenvalue weighted by molar-refractivity contribution is 0.112. The highest BCUT2D eigenvalue weighted by molar-refractivity contribution is 5.93. The van der Waals surface area contributed by atoms with Gasteiger partial charge >= 0.3 is 0 Å². The summed E-state index contributed by atoms with van der Waals surface area (Å²) in [6, 6.07) is 5.28. The van der Waals surface area contributed by atoms with Crippen LogP contribution < -0.4 is 6.15 Å². The highest BCUT2D eigenvalue weighted by atomic mass is 16.1. The van der Waals surface area contributed by atoms with Crippen LogP contribution in [-0.2, 0) is 0 Å². The Bertz CT molecular complexity index is 395. The number of H-pyrrole nitrogens is 1. The van der Waals surface area contributed by atoms with E-state index in [4.69, 9.17) is 0 Å². The van der Waals surface area contributed by atoms with Gasteiger partial charge in [-0.05, 0) is 12.1 Å². The highest BCUT2D eigenvalue weighted by Gasteiger charge is 2.01. The van der Waals surface area contributed by atoms with E-state index in [0.29, 0.717) is 11.1 Å². The van der Waals surface area contributed by atoms with E-state index < -0.39 is 0 Å². The van der Waals surface area contributed by atoms with Crippen LogP contribution in [0.2, 0.25) is 0 Å². The summed E-state index contributed by atoms with van der Waals surface area (Å²) in [4.78, 5) is 10.4. The standard InChI is InChI=1S/C7H5N3O.H3N/c11-4-5-2-1-3-6-7(5)9-10-8-6;/h1-4H,(H,8,9,10);1H3. The number of aromatic nitrogens is 3. The zero-order chi connectivity index (χ0) is 7.68. The first kappa shape index (κ1) is 8.35. The molecule has 62 valence electrons. The van der Waals surface area contributed by atoms with E-state index in [9.17, 15) is 4.79 Å². The quantitative estimate of drug-likeness (QED) is 0.613. The lowest BCUT2D eigenvalue weighted by Crippen LogP contribution is -1.80. The van der Waals surface area contributed by atoms with Gasteiger partial charge in [0.25, 0.3) is 0 Å². The van der Waals surface area contributed by atoms with Crippen molar-refractivity contribution in [3.8, 4) is 0 Å². The van der Waals surface area contributed by atoms with Crippen molar-refractivity contribution in [3.05, 3.63) is 23.8 Å². The third kappa shape index (κ3) is 1.06. The maximum absolute atomic E-state index is 10.4. The zero-order valence-corrected chi connectivity index (χ0v) is 6.32. The van der Waals surface area contributed by atoms with Crippen molar-refractivity contribution in [1.82, 2.24) is 21.6 Å². The molecule has 0 unspecified atom stereocenters. The Hall–Kier alpha value is -1.75. The molecule has 0 fully saturated rings. The Kier molecular flexibility index (Phi) is 2.16. The Morgan fingerprint density at radius 2 is 2.17 bits per heavy atom. The van der Waals surface area contributed by atoms with Crippen molar-refractivity contribution in [3.63, 3.8) is 0 Å². The first-order chi connectivity index (χ1) is 5.42. The number of benzene rings is 1. The fraction of sp³-hybridized carbons (Fsp3) is 0. The molecule has 5 heteroatoms. The average molecular weight is 164 g/mol. The third-order valence-corrected chi connectivity index (χ3v) is 1.51. The number of aldehydes is 1. The van der Waals surface area contributed by atoms with Crippen molar-refractivity contribution in [1.29, 1.82) is 0 Å². The van der Waals surface area contributed by atoms with Gasteiger partial charge in [-0.3, -0.25) is 4.79 Å². The second kappa shape index (κ2) is 3.10. The number of carbonyl (C=O) groups is 1. The number of aromatic amines is 1. The Morgan fingerprint density at radius 3 is 2.92 bits per heavy atom. The summed E-state index contributed by atoms with van der Waals surface area (Å²) in [6.07, 6.45) is 0.769. The van der Waals surface area contributed by atoms with Gasteiger partial charge in [0, 0.05) is 5.56 Å². The highest BCUT2D eigenvalue weighted by Crippen LogP contribution is 2.10. The minimum Gasteiger partial charge on any atom is -0.344 e. The van der Waals surface area contributed by atoms with Crippen molar-refractivity contribution in [2.75, 3.05) is 0 Å². The second-order valence-corrected chi connectivity index (χ2v) is 2.16. The molecule has 0 aliphatic rings. The van der Waals surface area contributed by atoms with Crippen LogP contribution in [0.4, 0.5) is 0 Å². The predicted molar refractivity (Wildman–Crippen MR) is 44.3 cm³/mol. The Morgan fingerprint density at radius 1 is 1.33 bits per heavy atom. The molecule has 12 heavy (non-hydrogen) atoms. The van der Waals surface area contributed by atoms with Crippen LogP contribution in [0.25, 0.3) is 11.0 Å². The summed E-state index contributed by atoms with van der Waals surface area (Å²) >= 11 is 0. The number of hydrogen-bond donors (Lipinski definition) is 2. The first-order valence-corrected chi connectivity index (χ1v) is 3.16. The molecule has 5 nitrogen and oxygen atoms in total. The summed E-state index contributed by atoms with van der Waals surface area (Å²) < 4.78 is 0. The molecule has 4 N–H and O–H groups in total. The maximum Gasteiger partial charge on any atom is 0.152 e. The van der Waals surface area contributed by atoms with Crippen LogP contribution in [-0.4, -0.2) is 21.7 Å². The SMILES string of the molecule is N.O=Cc1cccc2n[nH]nc12. The van der Waals surface area contributed by atoms with Gasteiger partial charge in [0.15, 0.2) is 6.29 Å². The number of para-hydroxylation sites is 1. The zero-order valence-electron chi connectivity index (χ0n) is 6.32. The molecule has 1 aromatic heterocycles. The number of nitrogens with one attached hydrogen (secondary N) is 1.